The lowest BCUT2D eigenvalue weighted by atomic mass is 9.92. The molecule has 1 unspecified atom stereocenters. The Hall–Kier alpha value is -2.42. The molecule has 0 spiro atoms. The van der Waals surface area contributed by atoms with Gasteiger partial charge in [-0.15, -0.1) is 0 Å². The van der Waals surface area contributed by atoms with E-state index in [-0.39, 0.29) is 18.0 Å². The van der Waals surface area contributed by atoms with Crippen molar-refractivity contribution in [3.63, 3.8) is 0 Å². The van der Waals surface area contributed by atoms with Crippen LogP contribution in [0.1, 0.15) is 17.0 Å². The van der Waals surface area contributed by atoms with E-state index in [2.05, 4.69) is 0 Å². The molecule has 1 atom stereocenters. The Kier molecular flexibility index (Phi) is 4.08. The van der Waals surface area contributed by atoms with Gasteiger partial charge in [0.05, 0.1) is 5.92 Å². The van der Waals surface area contributed by atoms with E-state index in [0.29, 0.717) is 17.4 Å². The minimum Gasteiger partial charge on any atom is -0.508 e. The fourth-order valence-corrected chi connectivity index (χ4v) is 1.96. The summed E-state index contributed by atoms with van der Waals surface area (Å²) in [7, 11) is 0. The van der Waals surface area contributed by atoms with Crippen LogP contribution in [0, 0.1) is 0 Å². The number of hydrogen-bond acceptors (Lipinski definition) is 3. The number of carbonyl (C=O) groups excluding carboxylic acids is 2. The number of ketones is 1. The summed E-state index contributed by atoms with van der Waals surface area (Å²) in [5, 5.41) is 9.64. The summed E-state index contributed by atoms with van der Waals surface area (Å²) in [6, 6.07) is 15.6. The van der Waals surface area contributed by atoms with Crippen LogP contribution in [-0.4, -0.2) is 17.2 Å². The van der Waals surface area contributed by atoms with E-state index in [1.807, 2.05) is 6.07 Å². The van der Waals surface area contributed by atoms with Crippen molar-refractivity contribution in [2.75, 3.05) is 0 Å². The first-order chi connectivity index (χ1) is 9.22. The fraction of sp³-hybridized carbons (Fsp3) is 0.125. The molecule has 0 amide bonds. The normalized spacial score (nSPS) is 11.8. The highest BCUT2D eigenvalue weighted by atomic mass is 16.3. The van der Waals surface area contributed by atoms with Gasteiger partial charge in [-0.1, -0.05) is 48.5 Å². The molecule has 0 heterocycles. The molecule has 2 aromatic rings. The molecule has 0 aliphatic carbocycles. The lowest BCUT2D eigenvalue weighted by Gasteiger charge is -2.10. The van der Waals surface area contributed by atoms with Crippen molar-refractivity contribution in [3.8, 4) is 5.75 Å². The molecule has 0 saturated heterocycles. The highest BCUT2D eigenvalue weighted by Gasteiger charge is 2.20. The van der Waals surface area contributed by atoms with E-state index in [9.17, 15) is 14.7 Å². The second kappa shape index (κ2) is 5.96. The molecule has 96 valence electrons. The summed E-state index contributed by atoms with van der Waals surface area (Å²) in [6.45, 7) is 0. The van der Waals surface area contributed by atoms with Crippen LogP contribution in [0.15, 0.2) is 54.6 Å². The van der Waals surface area contributed by atoms with Gasteiger partial charge < -0.3 is 9.90 Å². The summed E-state index contributed by atoms with van der Waals surface area (Å²) < 4.78 is 0. The van der Waals surface area contributed by atoms with Crippen LogP contribution in [0.5, 0.6) is 5.75 Å². The van der Waals surface area contributed by atoms with Crippen LogP contribution in [0.3, 0.4) is 0 Å². The van der Waals surface area contributed by atoms with Crippen LogP contribution in [0.2, 0.25) is 0 Å². The maximum Gasteiger partial charge on any atom is 0.151 e. The largest absolute Gasteiger partial charge is 0.508 e. The van der Waals surface area contributed by atoms with E-state index < -0.39 is 5.92 Å². The van der Waals surface area contributed by atoms with Crippen LogP contribution >= 0.6 is 0 Å². The molecular formula is C16H14O3. The third-order valence-electron chi connectivity index (χ3n) is 3.00. The maximum atomic E-state index is 12.2. The van der Waals surface area contributed by atoms with Gasteiger partial charge in [-0.2, -0.15) is 0 Å². The third-order valence-corrected chi connectivity index (χ3v) is 3.00. The summed E-state index contributed by atoms with van der Waals surface area (Å²) >= 11 is 0. The molecule has 1 N–H and O–H groups in total. The number of rotatable bonds is 5. The maximum absolute atomic E-state index is 12.2. The summed E-state index contributed by atoms with van der Waals surface area (Å²) in [6.07, 6.45) is 0.697. The standard InChI is InChI=1S/C16H14O3/c17-11-14(12-6-2-1-3-7-12)16(19)10-13-8-4-5-9-15(13)18/h1-9,11,14,18H,10H2. The number of Topliss-reactive ketones (excluding diaryl/α,β-unsaturated/α-hetero) is 1. The van der Waals surface area contributed by atoms with Crippen molar-refractivity contribution in [1.29, 1.82) is 0 Å². The van der Waals surface area contributed by atoms with Gasteiger partial charge in [0, 0.05) is 12.0 Å². The zero-order valence-corrected chi connectivity index (χ0v) is 10.3. The summed E-state index contributed by atoms with van der Waals surface area (Å²) in [5.41, 5.74) is 1.22. The predicted molar refractivity (Wildman–Crippen MR) is 72.1 cm³/mol. The molecule has 19 heavy (non-hydrogen) atoms. The Bertz CT molecular complexity index is 576. The lowest BCUT2D eigenvalue weighted by Crippen LogP contribution is -2.16. The number of phenols is 1. The number of benzene rings is 2. The zero-order valence-electron chi connectivity index (χ0n) is 10.3. The van der Waals surface area contributed by atoms with Gasteiger partial charge in [0.25, 0.3) is 0 Å². The number of carbonyl (C=O) groups is 2. The number of hydrogen-bond donors (Lipinski definition) is 1. The SMILES string of the molecule is O=CC(C(=O)Cc1ccccc1O)c1ccccc1. The average Bonchev–Trinajstić information content (AvgIpc) is 2.43. The van der Waals surface area contributed by atoms with Crippen LogP contribution in [0.25, 0.3) is 0 Å². The van der Waals surface area contributed by atoms with Gasteiger partial charge >= 0.3 is 0 Å². The monoisotopic (exact) mass is 254 g/mol. The molecule has 0 aromatic heterocycles. The number of aromatic hydroxyl groups is 1. The second-order valence-electron chi connectivity index (χ2n) is 4.30. The molecule has 0 radical (unpaired) electrons. The molecule has 2 rings (SSSR count). The Balaban J connectivity index is 2.19. The summed E-state index contributed by atoms with van der Waals surface area (Å²) in [4.78, 5) is 23.3. The molecule has 3 heteroatoms. The summed E-state index contributed by atoms with van der Waals surface area (Å²) in [5.74, 6) is -0.919. The zero-order chi connectivity index (χ0) is 13.7. The Morgan fingerprint density at radius 2 is 1.68 bits per heavy atom. The highest BCUT2D eigenvalue weighted by molar-refractivity contribution is 6.00. The molecule has 0 aliphatic heterocycles. The number of aldehydes is 1. The molecule has 0 saturated carbocycles. The van der Waals surface area contributed by atoms with Gasteiger partial charge in [-0.3, -0.25) is 4.79 Å². The minimum atomic E-state index is -0.777. The van der Waals surface area contributed by atoms with Crippen molar-refractivity contribution >= 4 is 12.1 Å². The average molecular weight is 254 g/mol. The first kappa shape index (κ1) is 13.0. The van der Waals surface area contributed by atoms with Gasteiger partial charge in [0.1, 0.15) is 12.0 Å². The Morgan fingerprint density at radius 3 is 2.32 bits per heavy atom. The molecular weight excluding hydrogens is 240 g/mol. The first-order valence-corrected chi connectivity index (χ1v) is 6.02. The van der Waals surface area contributed by atoms with Gasteiger partial charge in [0.15, 0.2) is 5.78 Å². The van der Waals surface area contributed by atoms with Crippen molar-refractivity contribution in [2.24, 2.45) is 0 Å². The lowest BCUT2D eigenvalue weighted by molar-refractivity contribution is -0.123. The molecule has 3 nitrogen and oxygen atoms in total. The predicted octanol–water partition coefficient (Wildman–Crippen LogP) is 2.49. The second-order valence-corrected chi connectivity index (χ2v) is 4.30. The molecule has 0 fully saturated rings. The van der Waals surface area contributed by atoms with E-state index in [1.54, 1.807) is 42.5 Å². The van der Waals surface area contributed by atoms with Crippen molar-refractivity contribution in [3.05, 3.63) is 65.7 Å². The molecule has 0 aliphatic rings. The van der Waals surface area contributed by atoms with Crippen LogP contribution in [-0.2, 0) is 16.0 Å². The van der Waals surface area contributed by atoms with E-state index in [1.165, 1.54) is 6.07 Å². The molecule has 2 aromatic carbocycles. The van der Waals surface area contributed by atoms with Crippen molar-refractivity contribution in [2.45, 2.75) is 12.3 Å². The van der Waals surface area contributed by atoms with E-state index in [0.717, 1.165) is 0 Å². The van der Waals surface area contributed by atoms with E-state index in [4.69, 9.17) is 0 Å². The highest BCUT2D eigenvalue weighted by Crippen LogP contribution is 2.21. The van der Waals surface area contributed by atoms with Crippen molar-refractivity contribution < 1.29 is 14.7 Å². The Labute approximate surface area is 111 Å². The topological polar surface area (TPSA) is 54.4 Å². The minimum absolute atomic E-state index is 0.0466. The van der Waals surface area contributed by atoms with Gasteiger partial charge in [0.2, 0.25) is 0 Å². The number of para-hydroxylation sites is 1. The first-order valence-electron chi connectivity index (χ1n) is 6.02. The van der Waals surface area contributed by atoms with E-state index >= 15 is 0 Å². The number of phenolic OH excluding ortho intramolecular Hbond substituents is 1. The van der Waals surface area contributed by atoms with Gasteiger partial charge in [-0.05, 0) is 11.6 Å². The quantitative estimate of drug-likeness (QED) is 0.658. The van der Waals surface area contributed by atoms with Crippen LogP contribution in [0.4, 0.5) is 0 Å². The Morgan fingerprint density at radius 1 is 1.05 bits per heavy atom. The smallest absolute Gasteiger partial charge is 0.151 e. The van der Waals surface area contributed by atoms with Crippen molar-refractivity contribution in [1.82, 2.24) is 0 Å². The fourth-order valence-electron chi connectivity index (χ4n) is 1.96. The van der Waals surface area contributed by atoms with Gasteiger partial charge in [-0.25, -0.2) is 0 Å². The third kappa shape index (κ3) is 3.07. The molecule has 0 bridgehead atoms. The van der Waals surface area contributed by atoms with Crippen LogP contribution < -0.4 is 0 Å².